The Morgan fingerprint density at radius 1 is 0.818 bits per heavy atom. The maximum Gasteiger partial charge on any atom is 0.119 e. The fraction of sp³-hybridized carbons (Fsp3) is 0.238. The summed E-state index contributed by atoms with van der Waals surface area (Å²) in [5.74, 6) is 9.78. The molecule has 0 unspecified atom stereocenters. The van der Waals surface area contributed by atoms with Crippen molar-refractivity contribution in [1.29, 1.82) is 0 Å². The van der Waals surface area contributed by atoms with Crippen LogP contribution in [0.5, 0.6) is 5.75 Å². The molecule has 0 spiro atoms. The minimum absolute atomic E-state index is 0.778. The SMILES string of the molecule is C#Cc1ccc(C#Cc2ccc(OCCCCC)cc2)cc1. The fourth-order valence-electron chi connectivity index (χ4n) is 1.97. The first kappa shape index (κ1) is 15.7. The molecule has 2 aromatic rings. The Labute approximate surface area is 133 Å². The third-order valence-electron chi connectivity index (χ3n) is 3.27. The second-order valence-electron chi connectivity index (χ2n) is 5.05. The molecule has 110 valence electrons. The normalized spacial score (nSPS) is 9.45. The van der Waals surface area contributed by atoms with Gasteiger partial charge in [0.05, 0.1) is 6.61 Å². The van der Waals surface area contributed by atoms with Crippen LogP contribution in [0.15, 0.2) is 48.5 Å². The van der Waals surface area contributed by atoms with Gasteiger partial charge in [-0.1, -0.05) is 37.5 Å². The van der Waals surface area contributed by atoms with E-state index in [1.807, 2.05) is 48.5 Å². The van der Waals surface area contributed by atoms with E-state index in [0.717, 1.165) is 35.5 Å². The van der Waals surface area contributed by atoms with Gasteiger partial charge in [-0.2, -0.15) is 0 Å². The molecule has 0 aliphatic heterocycles. The number of terminal acetylenes is 1. The second kappa shape index (κ2) is 8.60. The van der Waals surface area contributed by atoms with Crippen molar-refractivity contribution in [1.82, 2.24) is 0 Å². The largest absolute Gasteiger partial charge is 0.494 e. The lowest BCUT2D eigenvalue weighted by molar-refractivity contribution is 0.306. The summed E-state index contributed by atoms with van der Waals surface area (Å²) in [6.07, 6.45) is 8.85. The molecule has 0 aliphatic carbocycles. The van der Waals surface area contributed by atoms with Crippen LogP contribution in [-0.4, -0.2) is 6.61 Å². The number of hydrogen-bond acceptors (Lipinski definition) is 1. The molecule has 0 fully saturated rings. The Morgan fingerprint density at radius 2 is 1.36 bits per heavy atom. The maximum atomic E-state index is 5.68. The molecule has 0 amide bonds. The van der Waals surface area contributed by atoms with Crippen molar-refractivity contribution in [3.63, 3.8) is 0 Å². The maximum absolute atomic E-state index is 5.68. The van der Waals surface area contributed by atoms with Crippen LogP contribution < -0.4 is 4.74 Å². The average molecular weight is 288 g/mol. The first-order valence-corrected chi connectivity index (χ1v) is 7.63. The van der Waals surface area contributed by atoms with Gasteiger partial charge in [0.25, 0.3) is 0 Å². The monoisotopic (exact) mass is 288 g/mol. The summed E-state index contributed by atoms with van der Waals surface area (Å²) in [5.41, 5.74) is 2.80. The Hall–Kier alpha value is -2.64. The van der Waals surface area contributed by atoms with Gasteiger partial charge in [0.2, 0.25) is 0 Å². The van der Waals surface area contributed by atoms with Crippen LogP contribution in [0, 0.1) is 24.2 Å². The molecule has 0 saturated carbocycles. The van der Waals surface area contributed by atoms with Crippen LogP contribution in [0.25, 0.3) is 0 Å². The molecule has 2 aromatic carbocycles. The number of benzene rings is 2. The van der Waals surface area contributed by atoms with Crippen molar-refractivity contribution in [2.24, 2.45) is 0 Å². The highest BCUT2D eigenvalue weighted by molar-refractivity contribution is 5.46. The molecule has 1 nitrogen and oxygen atoms in total. The lowest BCUT2D eigenvalue weighted by Gasteiger charge is -2.05. The van der Waals surface area contributed by atoms with Gasteiger partial charge in [-0.05, 0) is 55.0 Å². The van der Waals surface area contributed by atoms with Crippen molar-refractivity contribution in [3.8, 4) is 29.9 Å². The Bertz CT molecular complexity index is 676. The molecule has 0 radical (unpaired) electrons. The Kier molecular flexibility index (Phi) is 6.16. The summed E-state index contributed by atoms with van der Waals surface area (Å²) < 4.78 is 5.68. The predicted octanol–water partition coefficient (Wildman–Crippen LogP) is 4.64. The summed E-state index contributed by atoms with van der Waals surface area (Å²) >= 11 is 0. The van der Waals surface area contributed by atoms with Gasteiger partial charge in [0.1, 0.15) is 5.75 Å². The summed E-state index contributed by atoms with van der Waals surface area (Å²) in [4.78, 5) is 0. The van der Waals surface area contributed by atoms with Crippen LogP contribution in [0.2, 0.25) is 0 Å². The van der Waals surface area contributed by atoms with Gasteiger partial charge in [-0.25, -0.2) is 0 Å². The highest BCUT2D eigenvalue weighted by Crippen LogP contribution is 2.12. The molecule has 0 bridgehead atoms. The minimum Gasteiger partial charge on any atom is -0.494 e. The molecule has 0 aromatic heterocycles. The van der Waals surface area contributed by atoms with Crippen molar-refractivity contribution in [3.05, 3.63) is 65.2 Å². The van der Waals surface area contributed by atoms with Crippen molar-refractivity contribution >= 4 is 0 Å². The molecular weight excluding hydrogens is 268 g/mol. The third-order valence-corrected chi connectivity index (χ3v) is 3.27. The van der Waals surface area contributed by atoms with Gasteiger partial charge < -0.3 is 4.74 Å². The van der Waals surface area contributed by atoms with E-state index in [1.54, 1.807) is 0 Å². The highest BCUT2D eigenvalue weighted by atomic mass is 16.5. The smallest absolute Gasteiger partial charge is 0.119 e. The van der Waals surface area contributed by atoms with E-state index < -0.39 is 0 Å². The van der Waals surface area contributed by atoms with Crippen LogP contribution in [-0.2, 0) is 0 Å². The van der Waals surface area contributed by atoms with Gasteiger partial charge in [0, 0.05) is 16.7 Å². The van der Waals surface area contributed by atoms with Gasteiger partial charge in [-0.3, -0.25) is 0 Å². The summed E-state index contributed by atoms with van der Waals surface area (Å²) in [7, 11) is 0. The molecule has 0 aliphatic rings. The van der Waals surface area contributed by atoms with Crippen LogP contribution >= 0.6 is 0 Å². The third kappa shape index (κ3) is 5.04. The molecular formula is C21H20O. The molecule has 1 heteroatoms. The highest BCUT2D eigenvalue weighted by Gasteiger charge is 1.94. The predicted molar refractivity (Wildman–Crippen MR) is 91.8 cm³/mol. The van der Waals surface area contributed by atoms with E-state index in [9.17, 15) is 0 Å². The molecule has 22 heavy (non-hydrogen) atoms. The lowest BCUT2D eigenvalue weighted by atomic mass is 10.1. The Morgan fingerprint density at radius 3 is 1.91 bits per heavy atom. The molecule has 0 atom stereocenters. The average Bonchev–Trinajstić information content (AvgIpc) is 2.58. The zero-order chi connectivity index (χ0) is 15.6. The van der Waals surface area contributed by atoms with E-state index in [1.165, 1.54) is 12.8 Å². The van der Waals surface area contributed by atoms with Gasteiger partial charge in [-0.15, -0.1) is 6.42 Å². The van der Waals surface area contributed by atoms with E-state index in [0.29, 0.717) is 0 Å². The van der Waals surface area contributed by atoms with Crippen LogP contribution in [0.4, 0.5) is 0 Å². The zero-order valence-electron chi connectivity index (χ0n) is 12.9. The summed E-state index contributed by atoms with van der Waals surface area (Å²) in [6, 6.07) is 15.6. The number of ether oxygens (including phenoxy) is 1. The van der Waals surface area contributed by atoms with Crippen molar-refractivity contribution in [2.45, 2.75) is 26.2 Å². The Balaban J connectivity index is 1.93. The fourth-order valence-corrected chi connectivity index (χ4v) is 1.97. The van der Waals surface area contributed by atoms with E-state index in [-0.39, 0.29) is 0 Å². The zero-order valence-corrected chi connectivity index (χ0v) is 12.9. The summed E-state index contributed by atoms with van der Waals surface area (Å²) in [5, 5.41) is 0. The number of hydrogen-bond donors (Lipinski definition) is 0. The standard InChI is InChI=1S/C21H20O/c1-3-5-6-17-22-21-15-13-20(14-16-21)12-11-19-9-7-18(4-2)8-10-19/h2,7-10,13-16H,3,5-6,17H2,1H3. The quantitative estimate of drug-likeness (QED) is 0.575. The molecule has 0 saturated heterocycles. The summed E-state index contributed by atoms with van der Waals surface area (Å²) in [6.45, 7) is 2.97. The van der Waals surface area contributed by atoms with Gasteiger partial charge >= 0.3 is 0 Å². The molecule has 0 heterocycles. The topological polar surface area (TPSA) is 9.23 Å². The molecule has 0 N–H and O–H groups in total. The van der Waals surface area contributed by atoms with Crippen molar-refractivity contribution < 1.29 is 4.74 Å². The van der Waals surface area contributed by atoms with Crippen LogP contribution in [0.3, 0.4) is 0 Å². The lowest BCUT2D eigenvalue weighted by Crippen LogP contribution is -1.96. The second-order valence-corrected chi connectivity index (χ2v) is 5.05. The minimum atomic E-state index is 0.778. The van der Waals surface area contributed by atoms with Crippen LogP contribution in [0.1, 0.15) is 42.9 Å². The molecule has 2 rings (SSSR count). The first-order valence-electron chi connectivity index (χ1n) is 7.63. The van der Waals surface area contributed by atoms with Crippen molar-refractivity contribution in [2.75, 3.05) is 6.61 Å². The number of rotatable bonds is 5. The van der Waals surface area contributed by atoms with E-state index in [4.69, 9.17) is 11.2 Å². The first-order chi connectivity index (χ1) is 10.8. The van der Waals surface area contributed by atoms with E-state index >= 15 is 0 Å². The number of unbranched alkanes of at least 4 members (excludes halogenated alkanes) is 2. The van der Waals surface area contributed by atoms with E-state index in [2.05, 4.69) is 24.7 Å². The van der Waals surface area contributed by atoms with Gasteiger partial charge in [0.15, 0.2) is 0 Å².